The summed E-state index contributed by atoms with van der Waals surface area (Å²) in [5, 5.41) is 11.4. The number of amides is 1. The highest BCUT2D eigenvalue weighted by molar-refractivity contribution is 6.30. The topological polar surface area (TPSA) is 113 Å². The zero-order chi connectivity index (χ0) is 21.8. The highest BCUT2D eigenvalue weighted by Gasteiger charge is 2.26. The summed E-state index contributed by atoms with van der Waals surface area (Å²) in [4.78, 5) is 21.5. The van der Waals surface area contributed by atoms with Crippen molar-refractivity contribution >= 4 is 40.8 Å². The number of aliphatic imine (C=N–C) groups is 2. The number of nitrogens with one attached hydrogen (secondary N) is 2. The molecule has 0 radical (unpaired) electrons. The minimum atomic E-state index is -1.18. The Morgan fingerprint density at radius 3 is 2.45 bits per heavy atom. The van der Waals surface area contributed by atoms with Crippen molar-refractivity contribution in [3.8, 4) is 0 Å². The molecule has 31 heavy (non-hydrogen) atoms. The molecular formula is C23H18ClN5O2. The summed E-state index contributed by atoms with van der Waals surface area (Å²) in [6.45, 7) is 0. The molecule has 3 aromatic carbocycles. The van der Waals surface area contributed by atoms with Crippen LogP contribution in [0.5, 0.6) is 0 Å². The van der Waals surface area contributed by atoms with Crippen LogP contribution >= 0.6 is 11.6 Å². The number of para-hydroxylation sites is 1. The molecule has 0 saturated heterocycles. The Morgan fingerprint density at radius 1 is 1.03 bits per heavy atom. The van der Waals surface area contributed by atoms with Gasteiger partial charge in [0.2, 0.25) is 12.1 Å². The van der Waals surface area contributed by atoms with Gasteiger partial charge in [-0.2, -0.15) is 4.99 Å². The van der Waals surface area contributed by atoms with Crippen LogP contribution in [0.25, 0.3) is 0 Å². The fourth-order valence-electron chi connectivity index (χ4n) is 3.07. The number of nitrogens with zero attached hydrogens (tertiary/aromatic N) is 2. The molecule has 0 fully saturated rings. The first kappa shape index (κ1) is 20.3. The fourth-order valence-corrected chi connectivity index (χ4v) is 3.20. The lowest BCUT2D eigenvalue weighted by Crippen LogP contribution is -2.29. The van der Waals surface area contributed by atoms with E-state index >= 15 is 0 Å². The molecule has 0 spiro atoms. The molecule has 0 saturated carbocycles. The molecule has 0 bridgehead atoms. The second kappa shape index (κ2) is 8.81. The van der Waals surface area contributed by atoms with E-state index in [1.807, 2.05) is 48.5 Å². The van der Waals surface area contributed by atoms with Gasteiger partial charge in [0.1, 0.15) is 0 Å². The molecule has 1 unspecified atom stereocenters. The number of hydrogen-bond donors (Lipinski definition) is 3. The van der Waals surface area contributed by atoms with Crippen LogP contribution in [-0.2, 0) is 9.53 Å². The monoisotopic (exact) mass is 431 g/mol. The highest BCUT2D eigenvalue weighted by atomic mass is 35.5. The van der Waals surface area contributed by atoms with Gasteiger partial charge < -0.3 is 15.8 Å². The van der Waals surface area contributed by atoms with Gasteiger partial charge in [0, 0.05) is 21.7 Å². The number of carbonyl (C=O) groups excluding carboxylic acids is 1. The molecule has 154 valence electrons. The van der Waals surface area contributed by atoms with Gasteiger partial charge in [0.15, 0.2) is 0 Å². The Bertz CT molecular complexity index is 1190. The zero-order valence-electron chi connectivity index (χ0n) is 16.2. The van der Waals surface area contributed by atoms with E-state index in [2.05, 4.69) is 15.3 Å². The standard InChI is InChI=1S/C23H18ClN5O2/c24-16-12-10-15(11-13-16)20(25)31-23(26)29-21-22(30)27-18-9-5-4-8-17(18)19(28-21)14-6-2-1-3-7-14/h1-13,21,25H,(H2,26,29)(H,27,30). The van der Waals surface area contributed by atoms with Gasteiger partial charge in [-0.05, 0) is 30.3 Å². The number of benzene rings is 3. The van der Waals surface area contributed by atoms with Crippen molar-refractivity contribution in [1.29, 1.82) is 5.41 Å². The van der Waals surface area contributed by atoms with Crippen molar-refractivity contribution in [2.45, 2.75) is 6.17 Å². The minimum absolute atomic E-state index is 0.220. The van der Waals surface area contributed by atoms with Crippen molar-refractivity contribution in [2.75, 3.05) is 5.32 Å². The first-order chi connectivity index (χ1) is 15.0. The van der Waals surface area contributed by atoms with E-state index in [1.165, 1.54) is 0 Å². The second-order valence-corrected chi connectivity index (χ2v) is 7.09. The van der Waals surface area contributed by atoms with Crippen LogP contribution in [0.1, 0.15) is 16.7 Å². The van der Waals surface area contributed by atoms with E-state index in [0.29, 0.717) is 22.0 Å². The SMILES string of the molecule is N=C(OC(N)=NC1N=C(c2ccccc2)c2ccccc2NC1=O)c1ccc(Cl)cc1. The van der Waals surface area contributed by atoms with Crippen LogP contribution < -0.4 is 11.1 Å². The van der Waals surface area contributed by atoms with Crippen LogP contribution in [-0.4, -0.2) is 29.7 Å². The molecule has 8 heteroatoms. The first-order valence-corrected chi connectivity index (χ1v) is 9.78. The molecular weight excluding hydrogens is 414 g/mol. The molecule has 4 N–H and O–H groups in total. The largest absolute Gasteiger partial charge is 0.407 e. The van der Waals surface area contributed by atoms with Crippen molar-refractivity contribution < 1.29 is 9.53 Å². The summed E-state index contributed by atoms with van der Waals surface area (Å²) in [5.41, 5.74) is 9.18. The molecule has 1 amide bonds. The Kier molecular flexibility index (Phi) is 5.77. The maximum absolute atomic E-state index is 12.8. The van der Waals surface area contributed by atoms with Gasteiger partial charge in [-0.3, -0.25) is 10.2 Å². The maximum Gasteiger partial charge on any atom is 0.291 e. The highest BCUT2D eigenvalue weighted by Crippen LogP contribution is 2.24. The maximum atomic E-state index is 12.8. The van der Waals surface area contributed by atoms with Gasteiger partial charge >= 0.3 is 0 Å². The molecule has 4 rings (SSSR count). The predicted molar refractivity (Wildman–Crippen MR) is 122 cm³/mol. The smallest absolute Gasteiger partial charge is 0.291 e. The molecule has 1 aliphatic rings. The van der Waals surface area contributed by atoms with Crippen molar-refractivity contribution in [1.82, 2.24) is 0 Å². The summed E-state index contributed by atoms with van der Waals surface area (Å²) < 4.78 is 5.30. The number of fused-ring (bicyclic) bond motifs is 1. The lowest BCUT2D eigenvalue weighted by molar-refractivity contribution is -0.117. The molecule has 1 atom stereocenters. The molecule has 1 heterocycles. The van der Waals surface area contributed by atoms with E-state index in [0.717, 1.165) is 11.1 Å². The average Bonchev–Trinajstić information content (AvgIpc) is 2.91. The lowest BCUT2D eigenvalue weighted by Gasteiger charge is -2.10. The second-order valence-electron chi connectivity index (χ2n) is 6.66. The van der Waals surface area contributed by atoms with Crippen LogP contribution in [0, 0.1) is 5.41 Å². The molecule has 7 nitrogen and oxygen atoms in total. The van der Waals surface area contributed by atoms with Gasteiger partial charge in [0.25, 0.3) is 11.9 Å². The number of carbonyl (C=O) groups is 1. The van der Waals surface area contributed by atoms with Crippen LogP contribution in [0.3, 0.4) is 0 Å². The van der Waals surface area contributed by atoms with Crippen LogP contribution in [0.4, 0.5) is 5.69 Å². The summed E-state index contributed by atoms with van der Waals surface area (Å²) in [5.74, 6) is -0.676. The number of rotatable bonds is 3. The van der Waals surface area contributed by atoms with Crippen molar-refractivity contribution in [2.24, 2.45) is 15.7 Å². The third-order valence-electron chi connectivity index (χ3n) is 4.54. The van der Waals surface area contributed by atoms with Crippen LogP contribution in [0.2, 0.25) is 5.02 Å². The molecule has 3 aromatic rings. The van der Waals surface area contributed by atoms with E-state index < -0.39 is 12.1 Å². The number of halogens is 1. The minimum Gasteiger partial charge on any atom is -0.407 e. The Labute approximate surface area is 183 Å². The van der Waals surface area contributed by atoms with Gasteiger partial charge in [-0.15, -0.1) is 0 Å². The predicted octanol–water partition coefficient (Wildman–Crippen LogP) is 3.81. The molecule has 0 aliphatic carbocycles. The van der Waals surface area contributed by atoms with Crippen molar-refractivity contribution in [3.05, 3.63) is 101 Å². The van der Waals surface area contributed by atoms with E-state index in [4.69, 9.17) is 27.5 Å². The average molecular weight is 432 g/mol. The van der Waals surface area contributed by atoms with Gasteiger partial charge in [0.05, 0.1) is 11.4 Å². The van der Waals surface area contributed by atoms with E-state index in [9.17, 15) is 4.79 Å². The summed E-state index contributed by atoms with van der Waals surface area (Å²) in [7, 11) is 0. The lowest BCUT2D eigenvalue weighted by atomic mass is 10.0. The van der Waals surface area contributed by atoms with Gasteiger partial charge in [-0.25, -0.2) is 4.99 Å². The first-order valence-electron chi connectivity index (χ1n) is 9.40. The van der Waals surface area contributed by atoms with Gasteiger partial charge in [-0.1, -0.05) is 60.1 Å². The quantitative estimate of drug-likeness (QED) is 0.432. The zero-order valence-corrected chi connectivity index (χ0v) is 17.0. The van der Waals surface area contributed by atoms with E-state index in [-0.39, 0.29) is 11.9 Å². The summed E-state index contributed by atoms with van der Waals surface area (Å²) >= 11 is 5.87. The third kappa shape index (κ3) is 4.62. The third-order valence-corrected chi connectivity index (χ3v) is 4.79. The number of anilines is 1. The number of benzodiazepines with no additional fused rings is 1. The molecule has 0 aromatic heterocycles. The molecule has 1 aliphatic heterocycles. The Morgan fingerprint density at radius 2 is 1.71 bits per heavy atom. The Hall–Kier alpha value is -3.97. The van der Waals surface area contributed by atoms with E-state index in [1.54, 1.807) is 30.3 Å². The normalized spacial score (nSPS) is 15.9. The fraction of sp³-hybridized carbons (Fsp3) is 0.0435. The van der Waals surface area contributed by atoms with Crippen molar-refractivity contribution in [3.63, 3.8) is 0 Å². The summed E-state index contributed by atoms with van der Waals surface area (Å²) in [6, 6.07) is 23.0. The van der Waals surface area contributed by atoms with Crippen LogP contribution in [0.15, 0.2) is 88.8 Å². The number of nitrogens with two attached hydrogens (primary N) is 1. The number of hydrogen-bond acceptors (Lipinski definition) is 5. The number of amidine groups is 1. The summed E-state index contributed by atoms with van der Waals surface area (Å²) in [6.07, 6.45) is -1.18. The number of ether oxygens (including phenoxy) is 1. The Balaban J connectivity index is 1.66.